The lowest BCUT2D eigenvalue weighted by molar-refractivity contribution is 1.13. The summed E-state index contributed by atoms with van der Waals surface area (Å²) < 4.78 is 0. The second kappa shape index (κ2) is 7.54. The lowest BCUT2D eigenvalue weighted by atomic mass is 10.1. The van der Waals surface area contributed by atoms with Crippen LogP contribution in [0.2, 0.25) is 0 Å². The lowest BCUT2D eigenvalue weighted by Crippen LogP contribution is -2.07. The molecule has 0 fully saturated rings. The lowest BCUT2D eigenvalue weighted by Gasteiger charge is -2.12. The van der Waals surface area contributed by atoms with Crippen LogP contribution in [0.5, 0.6) is 0 Å². The zero-order valence-corrected chi connectivity index (χ0v) is 14.2. The maximum absolute atomic E-state index is 9.01. The fourth-order valence-electron chi connectivity index (χ4n) is 2.10. The molecule has 1 aliphatic rings. The van der Waals surface area contributed by atoms with Crippen LogP contribution in [0.25, 0.3) is 6.08 Å². The van der Waals surface area contributed by atoms with Gasteiger partial charge in [-0.1, -0.05) is 30.0 Å². The molecule has 1 aromatic carbocycles. The molecule has 0 atom stereocenters. The molecule has 0 spiro atoms. The first-order chi connectivity index (χ1) is 11.0. The van der Waals surface area contributed by atoms with Gasteiger partial charge in [0.15, 0.2) is 0 Å². The SMILES string of the molecule is CC1=CC(=C(C#N)C#N)C=C(C=Cc2ccc(N(C)C)cc2)S1. The summed E-state index contributed by atoms with van der Waals surface area (Å²) in [5.41, 5.74) is 3.08. The van der Waals surface area contributed by atoms with Gasteiger partial charge in [0.2, 0.25) is 0 Å². The average Bonchev–Trinajstić information content (AvgIpc) is 2.54. The van der Waals surface area contributed by atoms with Crippen molar-refractivity contribution in [3.05, 3.63) is 69.0 Å². The first-order valence-electron chi connectivity index (χ1n) is 7.11. The largest absolute Gasteiger partial charge is 0.378 e. The number of hydrogen-bond acceptors (Lipinski definition) is 4. The van der Waals surface area contributed by atoms with Crippen molar-refractivity contribution in [3.63, 3.8) is 0 Å². The normalized spacial score (nSPS) is 13.9. The summed E-state index contributed by atoms with van der Waals surface area (Å²) in [6.45, 7) is 1.98. The van der Waals surface area contributed by atoms with E-state index in [9.17, 15) is 0 Å². The zero-order chi connectivity index (χ0) is 16.8. The molecule has 0 amide bonds. The van der Waals surface area contributed by atoms with E-state index in [0.29, 0.717) is 5.57 Å². The number of benzene rings is 1. The number of allylic oxidation sites excluding steroid dienone is 6. The summed E-state index contributed by atoms with van der Waals surface area (Å²) in [4.78, 5) is 4.14. The van der Waals surface area contributed by atoms with Gasteiger partial charge in [-0.2, -0.15) is 10.5 Å². The van der Waals surface area contributed by atoms with Crippen molar-refractivity contribution in [1.82, 2.24) is 0 Å². The van der Waals surface area contributed by atoms with Crippen molar-refractivity contribution >= 4 is 23.5 Å². The summed E-state index contributed by atoms with van der Waals surface area (Å²) in [6.07, 6.45) is 7.80. The Hall–Kier alpha value is -2.69. The fraction of sp³-hybridized carbons (Fsp3) is 0.158. The molecule has 0 radical (unpaired) electrons. The summed E-state index contributed by atoms with van der Waals surface area (Å²) in [7, 11) is 4.03. The molecule has 3 nitrogen and oxygen atoms in total. The predicted molar refractivity (Wildman–Crippen MR) is 97.5 cm³/mol. The van der Waals surface area contributed by atoms with Crippen molar-refractivity contribution < 1.29 is 0 Å². The molecule has 23 heavy (non-hydrogen) atoms. The Morgan fingerprint density at radius 2 is 1.70 bits per heavy atom. The quantitative estimate of drug-likeness (QED) is 0.761. The number of hydrogen-bond donors (Lipinski definition) is 0. The minimum atomic E-state index is 0.144. The molecule has 4 heteroatoms. The minimum absolute atomic E-state index is 0.144. The van der Waals surface area contributed by atoms with Crippen LogP contribution in [0, 0.1) is 22.7 Å². The molecule has 1 aliphatic heterocycles. The number of nitriles is 2. The Morgan fingerprint density at radius 1 is 1.04 bits per heavy atom. The van der Waals surface area contributed by atoms with Crippen molar-refractivity contribution in [2.24, 2.45) is 0 Å². The number of nitrogens with zero attached hydrogens (tertiary/aromatic N) is 3. The highest BCUT2D eigenvalue weighted by Gasteiger charge is 2.09. The van der Waals surface area contributed by atoms with E-state index < -0.39 is 0 Å². The average molecular weight is 319 g/mol. The number of rotatable bonds is 3. The summed E-state index contributed by atoms with van der Waals surface area (Å²) >= 11 is 1.63. The van der Waals surface area contributed by atoms with Gasteiger partial charge < -0.3 is 4.90 Å². The third kappa shape index (κ3) is 4.39. The fourth-order valence-corrected chi connectivity index (χ4v) is 2.98. The first-order valence-corrected chi connectivity index (χ1v) is 7.93. The van der Waals surface area contributed by atoms with E-state index in [1.807, 2.05) is 57.5 Å². The maximum Gasteiger partial charge on any atom is 0.136 e. The van der Waals surface area contributed by atoms with Gasteiger partial charge in [0.05, 0.1) is 0 Å². The van der Waals surface area contributed by atoms with Crippen LogP contribution in [0.15, 0.2) is 63.5 Å². The van der Waals surface area contributed by atoms with Crippen molar-refractivity contribution in [2.45, 2.75) is 6.92 Å². The van der Waals surface area contributed by atoms with Crippen LogP contribution < -0.4 is 4.90 Å². The molecular weight excluding hydrogens is 302 g/mol. The van der Waals surface area contributed by atoms with Crippen LogP contribution in [-0.4, -0.2) is 14.1 Å². The first kappa shape index (κ1) is 16.7. The third-order valence-corrected chi connectivity index (χ3v) is 4.23. The van der Waals surface area contributed by atoms with E-state index in [0.717, 1.165) is 21.1 Å². The Bertz CT molecular complexity index is 779. The van der Waals surface area contributed by atoms with Gasteiger partial charge in [0, 0.05) is 30.3 Å². The monoisotopic (exact) mass is 319 g/mol. The van der Waals surface area contributed by atoms with Crippen LogP contribution in [0.1, 0.15) is 12.5 Å². The molecule has 0 aromatic heterocycles. The highest BCUT2D eigenvalue weighted by molar-refractivity contribution is 8.06. The molecule has 0 saturated heterocycles. The van der Waals surface area contributed by atoms with Gasteiger partial charge in [0.1, 0.15) is 17.7 Å². The maximum atomic E-state index is 9.01. The van der Waals surface area contributed by atoms with Gasteiger partial charge in [0.25, 0.3) is 0 Å². The van der Waals surface area contributed by atoms with E-state index in [1.165, 1.54) is 0 Å². The van der Waals surface area contributed by atoms with E-state index >= 15 is 0 Å². The van der Waals surface area contributed by atoms with Crippen molar-refractivity contribution in [1.29, 1.82) is 10.5 Å². The highest BCUT2D eigenvalue weighted by Crippen LogP contribution is 2.34. The van der Waals surface area contributed by atoms with Gasteiger partial charge in [-0.05, 0) is 47.8 Å². The highest BCUT2D eigenvalue weighted by atomic mass is 32.2. The van der Waals surface area contributed by atoms with Crippen LogP contribution >= 0.6 is 11.8 Å². The second-order valence-corrected chi connectivity index (χ2v) is 6.60. The van der Waals surface area contributed by atoms with Crippen LogP contribution in [-0.2, 0) is 0 Å². The molecule has 0 unspecified atom stereocenters. The zero-order valence-electron chi connectivity index (χ0n) is 13.4. The predicted octanol–water partition coefficient (Wildman–Crippen LogP) is 4.64. The van der Waals surface area contributed by atoms with Crippen LogP contribution in [0.4, 0.5) is 5.69 Å². The smallest absolute Gasteiger partial charge is 0.136 e. The Morgan fingerprint density at radius 3 is 2.26 bits per heavy atom. The van der Waals surface area contributed by atoms with Gasteiger partial charge in [-0.25, -0.2) is 0 Å². The van der Waals surface area contributed by atoms with Crippen molar-refractivity contribution in [2.75, 3.05) is 19.0 Å². The molecular formula is C19H17N3S. The van der Waals surface area contributed by atoms with Gasteiger partial charge in [-0.3, -0.25) is 0 Å². The summed E-state index contributed by atoms with van der Waals surface area (Å²) in [5.74, 6) is 0. The van der Waals surface area contributed by atoms with E-state index in [2.05, 4.69) is 29.2 Å². The molecule has 1 aromatic rings. The number of anilines is 1. The molecule has 114 valence electrons. The van der Waals surface area contributed by atoms with E-state index in [4.69, 9.17) is 10.5 Å². The molecule has 0 aliphatic carbocycles. The third-order valence-electron chi connectivity index (χ3n) is 3.30. The molecule has 0 bridgehead atoms. The van der Waals surface area contributed by atoms with Gasteiger partial charge in [-0.15, -0.1) is 0 Å². The Kier molecular flexibility index (Phi) is 5.46. The van der Waals surface area contributed by atoms with Crippen molar-refractivity contribution in [3.8, 4) is 12.1 Å². The second-order valence-electron chi connectivity index (χ2n) is 5.28. The van der Waals surface area contributed by atoms with E-state index in [1.54, 1.807) is 11.8 Å². The Labute approximate surface area is 141 Å². The summed E-state index contributed by atoms with van der Waals surface area (Å²) in [5, 5.41) is 18.0. The molecule has 0 N–H and O–H groups in total. The Balaban J connectivity index is 2.24. The standard InChI is InChI=1S/C19H17N3S/c1-14-10-16(17(12-20)13-21)11-19(23-14)9-6-15-4-7-18(8-5-15)22(2)3/h4-11H,1-3H3. The molecule has 0 saturated carbocycles. The van der Waals surface area contributed by atoms with Crippen LogP contribution in [0.3, 0.4) is 0 Å². The number of thioether (sulfide) groups is 1. The topological polar surface area (TPSA) is 50.8 Å². The molecule has 2 rings (SSSR count). The van der Waals surface area contributed by atoms with E-state index in [-0.39, 0.29) is 5.57 Å². The minimum Gasteiger partial charge on any atom is -0.378 e. The molecule has 1 heterocycles. The van der Waals surface area contributed by atoms with Gasteiger partial charge >= 0.3 is 0 Å². The summed E-state index contributed by atoms with van der Waals surface area (Å²) in [6, 6.07) is 12.2.